The molecule has 0 bridgehead atoms. The Balaban J connectivity index is 1.31. The molecule has 244 valence electrons. The number of hydrogen-bond acceptors (Lipinski definition) is 3. The zero-order valence-corrected chi connectivity index (χ0v) is 25.1. The van der Waals surface area contributed by atoms with E-state index in [4.69, 9.17) is 21.1 Å². The molecule has 5 rings (SSSR count). The van der Waals surface area contributed by atoms with Gasteiger partial charge in [0.25, 0.3) is 0 Å². The molecular formula is C34H27ClF8O3. The lowest BCUT2D eigenvalue weighted by molar-refractivity contribution is -0.206. The number of unbranched alkanes of at least 4 members (excludes halogenated alkanes) is 2. The maximum atomic E-state index is 15.1. The third-order valence-electron chi connectivity index (χ3n) is 7.57. The van der Waals surface area contributed by atoms with E-state index in [2.05, 4.69) is 11.7 Å². The van der Waals surface area contributed by atoms with Gasteiger partial charge in [0.05, 0.1) is 13.2 Å². The second kappa shape index (κ2) is 14.0. The first-order valence-corrected chi connectivity index (χ1v) is 14.8. The van der Waals surface area contributed by atoms with Crippen LogP contribution in [0.1, 0.15) is 50.0 Å². The molecule has 0 atom stereocenters. The molecule has 3 nitrogen and oxygen atoms in total. The number of hydrogen-bond donors (Lipinski definition) is 0. The summed E-state index contributed by atoms with van der Waals surface area (Å²) in [5.74, 6) is -8.58. The van der Waals surface area contributed by atoms with Crippen molar-refractivity contribution in [2.75, 3.05) is 13.2 Å². The van der Waals surface area contributed by atoms with Crippen LogP contribution in [0.2, 0.25) is 5.02 Å². The van der Waals surface area contributed by atoms with Crippen molar-refractivity contribution in [2.24, 2.45) is 5.92 Å². The van der Waals surface area contributed by atoms with E-state index in [1.165, 1.54) is 12.1 Å². The summed E-state index contributed by atoms with van der Waals surface area (Å²) in [5.41, 5.74) is -2.75. The number of benzene rings is 4. The molecule has 0 radical (unpaired) electrons. The quantitative estimate of drug-likeness (QED) is 0.0955. The molecule has 0 saturated carbocycles. The van der Waals surface area contributed by atoms with Gasteiger partial charge in [-0.05, 0) is 60.0 Å². The Morgan fingerprint density at radius 1 is 0.717 bits per heavy atom. The standard InChI is InChI=1S/C34H27ClF8O3/c1-2-3-4-5-18-16-44-33(45-17-18)19-6-8-23(25(36)10-19)20-11-27(38)31(28(39)12-20)34(42,43)46-22-7-9-24(26(37)15-22)21-13-29(40)32(35)30(41)14-21/h6-15,18,33H,2-5,16-17H2,1H3. The van der Waals surface area contributed by atoms with Gasteiger partial charge in [-0.3, -0.25) is 0 Å². The Kier molecular flexibility index (Phi) is 10.2. The predicted molar refractivity (Wildman–Crippen MR) is 155 cm³/mol. The van der Waals surface area contributed by atoms with Crippen molar-refractivity contribution in [1.29, 1.82) is 0 Å². The molecule has 46 heavy (non-hydrogen) atoms. The van der Waals surface area contributed by atoms with Gasteiger partial charge in [-0.2, -0.15) is 8.78 Å². The van der Waals surface area contributed by atoms with E-state index in [1.54, 1.807) is 0 Å². The fourth-order valence-electron chi connectivity index (χ4n) is 5.21. The minimum atomic E-state index is -4.65. The molecule has 0 amide bonds. The molecule has 0 N–H and O–H groups in total. The minimum absolute atomic E-state index is 0.225. The first-order chi connectivity index (χ1) is 21.9. The van der Waals surface area contributed by atoms with E-state index in [-0.39, 0.29) is 28.2 Å². The summed E-state index contributed by atoms with van der Waals surface area (Å²) in [5, 5.41) is -0.812. The Morgan fingerprint density at radius 3 is 1.80 bits per heavy atom. The van der Waals surface area contributed by atoms with Crippen LogP contribution in [0.4, 0.5) is 35.1 Å². The lowest BCUT2D eigenvalue weighted by Gasteiger charge is -2.29. The molecule has 4 aromatic carbocycles. The number of rotatable bonds is 10. The minimum Gasteiger partial charge on any atom is -0.429 e. The Hall–Kier alpha value is -3.67. The van der Waals surface area contributed by atoms with Crippen LogP contribution >= 0.6 is 11.6 Å². The molecule has 1 fully saturated rings. The van der Waals surface area contributed by atoms with E-state index < -0.39 is 63.6 Å². The van der Waals surface area contributed by atoms with Crippen LogP contribution in [0.25, 0.3) is 22.3 Å². The lowest BCUT2D eigenvalue weighted by Crippen LogP contribution is -2.27. The van der Waals surface area contributed by atoms with E-state index in [1.807, 2.05) is 0 Å². The van der Waals surface area contributed by atoms with Crippen molar-refractivity contribution in [3.63, 3.8) is 0 Å². The SMILES string of the molecule is CCCCCC1COC(c2ccc(-c3cc(F)c(C(F)(F)Oc4ccc(-c5cc(F)c(Cl)c(F)c5)c(F)c4)c(F)c3)c(F)c2)OC1. The van der Waals surface area contributed by atoms with Crippen LogP contribution in [-0.4, -0.2) is 13.2 Å². The largest absolute Gasteiger partial charge is 0.432 e. The van der Waals surface area contributed by atoms with Crippen molar-refractivity contribution >= 4 is 11.6 Å². The van der Waals surface area contributed by atoms with Crippen molar-refractivity contribution in [3.8, 4) is 28.0 Å². The van der Waals surface area contributed by atoms with Crippen molar-refractivity contribution in [1.82, 2.24) is 0 Å². The summed E-state index contributed by atoms with van der Waals surface area (Å²) in [6, 6.07) is 8.47. The molecule has 1 heterocycles. The topological polar surface area (TPSA) is 27.7 Å². The van der Waals surface area contributed by atoms with E-state index in [0.29, 0.717) is 37.0 Å². The van der Waals surface area contributed by atoms with E-state index in [9.17, 15) is 22.0 Å². The molecular weight excluding hydrogens is 644 g/mol. The molecule has 0 aliphatic carbocycles. The Labute approximate surface area is 264 Å². The third kappa shape index (κ3) is 7.32. The molecule has 0 aromatic heterocycles. The van der Waals surface area contributed by atoms with Gasteiger partial charge in [0.2, 0.25) is 0 Å². The second-order valence-corrected chi connectivity index (χ2v) is 11.3. The zero-order chi connectivity index (χ0) is 33.2. The number of alkyl halides is 2. The molecule has 12 heteroatoms. The number of ether oxygens (including phenoxy) is 3. The summed E-state index contributed by atoms with van der Waals surface area (Å²) >= 11 is 5.43. The Bertz CT molecular complexity index is 1680. The molecule has 0 spiro atoms. The molecule has 1 aliphatic rings. The van der Waals surface area contributed by atoms with E-state index >= 15 is 13.2 Å². The molecule has 4 aromatic rings. The molecule has 0 unspecified atom stereocenters. The molecule has 1 aliphatic heterocycles. The average Bonchev–Trinajstić information content (AvgIpc) is 2.99. The smallest absolute Gasteiger partial charge is 0.429 e. The zero-order valence-electron chi connectivity index (χ0n) is 24.3. The fraction of sp³-hybridized carbons (Fsp3) is 0.294. The van der Waals surface area contributed by atoms with Gasteiger partial charge >= 0.3 is 6.11 Å². The highest BCUT2D eigenvalue weighted by Gasteiger charge is 2.41. The Morgan fingerprint density at radius 2 is 1.26 bits per heavy atom. The van der Waals surface area contributed by atoms with Gasteiger partial charge in [0.1, 0.15) is 51.2 Å². The molecule has 1 saturated heterocycles. The summed E-state index contributed by atoms with van der Waals surface area (Å²) in [4.78, 5) is 0. The van der Waals surface area contributed by atoms with Crippen LogP contribution in [-0.2, 0) is 15.6 Å². The maximum Gasteiger partial charge on any atom is 0.432 e. The summed E-state index contributed by atoms with van der Waals surface area (Å²) in [7, 11) is 0. The average molecular weight is 671 g/mol. The fourth-order valence-corrected chi connectivity index (χ4v) is 5.32. The first kappa shape index (κ1) is 33.7. The summed E-state index contributed by atoms with van der Waals surface area (Å²) < 4.78 is 133. The van der Waals surface area contributed by atoms with Crippen molar-refractivity contribution in [3.05, 3.63) is 112 Å². The monoisotopic (exact) mass is 670 g/mol. The van der Waals surface area contributed by atoms with Gasteiger partial charge in [-0.1, -0.05) is 49.9 Å². The second-order valence-electron chi connectivity index (χ2n) is 10.9. The highest BCUT2D eigenvalue weighted by atomic mass is 35.5. The third-order valence-corrected chi connectivity index (χ3v) is 7.93. The predicted octanol–water partition coefficient (Wildman–Crippen LogP) is 10.9. The maximum absolute atomic E-state index is 15.1. The van der Waals surface area contributed by atoms with Crippen LogP contribution < -0.4 is 4.74 Å². The van der Waals surface area contributed by atoms with Gasteiger partial charge in [-0.25, -0.2) is 26.3 Å². The van der Waals surface area contributed by atoms with Crippen LogP contribution in [0.15, 0.2) is 60.7 Å². The van der Waals surface area contributed by atoms with Gasteiger partial charge in [-0.15, -0.1) is 0 Å². The van der Waals surface area contributed by atoms with Crippen LogP contribution in [0, 0.1) is 40.8 Å². The summed E-state index contributed by atoms with van der Waals surface area (Å²) in [6.45, 7) is 2.98. The first-order valence-electron chi connectivity index (χ1n) is 14.4. The van der Waals surface area contributed by atoms with Gasteiger partial charge in [0, 0.05) is 28.7 Å². The number of halogens is 9. The normalized spacial score (nSPS) is 16.9. The van der Waals surface area contributed by atoms with Crippen molar-refractivity contribution in [2.45, 2.75) is 45.0 Å². The van der Waals surface area contributed by atoms with E-state index in [0.717, 1.165) is 56.0 Å². The van der Waals surface area contributed by atoms with Gasteiger partial charge < -0.3 is 14.2 Å². The van der Waals surface area contributed by atoms with Gasteiger partial charge in [0.15, 0.2) is 6.29 Å². The highest BCUT2D eigenvalue weighted by Crippen LogP contribution is 2.39. The summed E-state index contributed by atoms with van der Waals surface area (Å²) in [6.07, 6.45) is -1.28. The van der Waals surface area contributed by atoms with Crippen LogP contribution in [0.3, 0.4) is 0 Å². The highest BCUT2D eigenvalue weighted by molar-refractivity contribution is 6.31. The van der Waals surface area contributed by atoms with Crippen LogP contribution in [0.5, 0.6) is 5.75 Å². The van der Waals surface area contributed by atoms with Crippen molar-refractivity contribution < 1.29 is 49.3 Å². The lowest BCUT2D eigenvalue weighted by atomic mass is 9.99.